The van der Waals surface area contributed by atoms with Gasteiger partial charge in [0.15, 0.2) is 0 Å². The first kappa shape index (κ1) is 13.7. The maximum atomic E-state index is 6.02. The number of hydrogen-bond acceptors (Lipinski definition) is 4. The number of thioether (sulfide) groups is 1. The predicted molar refractivity (Wildman–Crippen MR) is 83.8 cm³/mol. The zero-order chi connectivity index (χ0) is 13.0. The van der Waals surface area contributed by atoms with Gasteiger partial charge in [-0.2, -0.15) is 5.10 Å². The molecule has 0 saturated carbocycles. The van der Waals surface area contributed by atoms with E-state index in [0.717, 1.165) is 10.6 Å². The largest absolute Gasteiger partial charge is 0.277 e. The molecule has 0 fully saturated rings. The Kier molecular flexibility index (Phi) is 4.95. The minimum atomic E-state index is 0.552. The van der Waals surface area contributed by atoms with Crippen LogP contribution < -0.4 is 5.43 Å². The molecule has 0 aliphatic carbocycles. The number of rotatable bonds is 4. The van der Waals surface area contributed by atoms with Crippen molar-refractivity contribution in [2.75, 3.05) is 11.7 Å². The lowest BCUT2D eigenvalue weighted by Crippen LogP contribution is -1.90. The van der Waals surface area contributed by atoms with Gasteiger partial charge in [-0.1, -0.05) is 23.2 Å². The molecule has 6 heteroatoms. The maximum Gasteiger partial charge on any atom is 0.0749 e. The molecule has 0 bridgehead atoms. The first-order valence-electron chi connectivity index (χ1n) is 5.07. The van der Waals surface area contributed by atoms with Crippen LogP contribution in [0.5, 0.6) is 0 Å². The van der Waals surface area contributed by atoms with Gasteiger partial charge < -0.3 is 0 Å². The van der Waals surface area contributed by atoms with Gasteiger partial charge in [-0.05, 0) is 36.6 Å². The summed E-state index contributed by atoms with van der Waals surface area (Å²) in [6, 6.07) is 9.35. The lowest BCUT2D eigenvalue weighted by Gasteiger charge is -2.02. The molecule has 0 aliphatic heterocycles. The molecule has 1 aromatic carbocycles. The lowest BCUT2D eigenvalue weighted by atomic mass is 10.3. The van der Waals surface area contributed by atoms with E-state index in [4.69, 9.17) is 23.2 Å². The van der Waals surface area contributed by atoms with Crippen LogP contribution in [-0.4, -0.2) is 12.5 Å². The molecule has 0 aliphatic rings. The first-order chi connectivity index (χ1) is 8.69. The second-order valence-electron chi connectivity index (χ2n) is 3.36. The van der Waals surface area contributed by atoms with E-state index >= 15 is 0 Å². The van der Waals surface area contributed by atoms with Gasteiger partial charge in [0, 0.05) is 9.90 Å². The van der Waals surface area contributed by atoms with Crippen LogP contribution in [0.15, 0.2) is 39.6 Å². The van der Waals surface area contributed by atoms with Crippen molar-refractivity contribution in [1.29, 1.82) is 0 Å². The van der Waals surface area contributed by atoms with Crippen LogP contribution in [0.4, 0.5) is 5.69 Å². The fourth-order valence-corrected chi connectivity index (χ4v) is 3.15. The van der Waals surface area contributed by atoms with Crippen molar-refractivity contribution in [3.63, 3.8) is 0 Å². The fraction of sp³-hybridized carbons (Fsp3) is 0.0833. The van der Waals surface area contributed by atoms with Crippen molar-refractivity contribution in [3.05, 3.63) is 45.3 Å². The molecule has 18 heavy (non-hydrogen) atoms. The van der Waals surface area contributed by atoms with E-state index in [-0.39, 0.29) is 0 Å². The summed E-state index contributed by atoms with van der Waals surface area (Å²) in [5, 5.41) is 5.31. The molecular weight excluding hydrogens is 307 g/mol. The summed E-state index contributed by atoms with van der Waals surface area (Å²) >= 11 is 15.2. The van der Waals surface area contributed by atoms with Crippen LogP contribution in [0, 0.1) is 0 Å². The fourth-order valence-electron chi connectivity index (χ4n) is 1.26. The van der Waals surface area contributed by atoms with Gasteiger partial charge in [0.2, 0.25) is 0 Å². The molecule has 2 aromatic rings. The van der Waals surface area contributed by atoms with E-state index < -0.39 is 0 Å². The summed E-state index contributed by atoms with van der Waals surface area (Å²) in [7, 11) is 0. The van der Waals surface area contributed by atoms with Gasteiger partial charge in [0.1, 0.15) is 0 Å². The molecular formula is C12H10Cl2N2S2. The molecule has 2 rings (SSSR count). The highest BCUT2D eigenvalue weighted by molar-refractivity contribution is 8.00. The Morgan fingerprint density at radius 2 is 2.11 bits per heavy atom. The van der Waals surface area contributed by atoms with E-state index in [0.29, 0.717) is 10.0 Å². The summed E-state index contributed by atoms with van der Waals surface area (Å²) in [4.78, 5) is 1.09. The first-order valence-corrected chi connectivity index (χ1v) is 7.86. The zero-order valence-electron chi connectivity index (χ0n) is 9.48. The van der Waals surface area contributed by atoms with Gasteiger partial charge in [-0.15, -0.1) is 23.1 Å². The van der Waals surface area contributed by atoms with Crippen molar-refractivity contribution in [3.8, 4) is 0 Å². The normalized spacial score (nSPS) is 11.1. The summed E-state index contributed by atoms with van der Waals surface area (Å²) in [5.41, 5.74) is 3.63. The monoisotopic (exact) mass is 316 g/mol. The van der Waals surface area contributed by atoms with Crippen molar-refractivity contribution < 1.29 is 0 Å². The van der Waals surface area contributed by atoms with Crippen LogP contribution in [0.1, 0.15) is 4.88 Å². The van der Waals surface area contributed by atoms with Crippen LogP contribution in [-0.2, 0) is 0 Å². The molecule has 0 atom stereocenters. The molecule has 0 saturated heterocycles. The molecule has 1 aromatic heterocycles. The molecule has 0 unspecified atom stereocenters. The Morgan fingerprint density at radius 1 is 1.28 bits per heavy atom. The smallest absolute Gasteiger partial charge is 0.0749 e. The van der Waals surface area contributed by atoms with Crippen LogP contribution in [0.3, 0.4) is 0 Å². The number of hydrazone groups is 1. The van der Waals surface area contributed by atoms with Crippen LogP contribution in [0.2, 0.25) is 10.0 Å². The molecule has 0 amide bonds. The molecule has 0 spiro atoms. The van der Waals surface area contributed by atoms with E-state index in [9.17, 15) is 0 Å². The summed E-state index contributed by atoms with van der Waals surface area (Å²) in [6.45, 7) is 0. The number of halogens is 2. The van der Waals surface area contributed by atoms with Crippen molar-refractivity contribution in [1.82, 2.24) is 0 Å². The minimum absolute atomic E-state index is 0.552. The number of nitrogens with zero attached hydrogens (tertiary/aromatic N) is 1. The van der Waals surface area contributed by atoms with Gasteiger partial charge in [-0.3, -0.25) is 5.43 Å². The minimum Gasteiger partial charge on any atom is -0.277 e. The van der Waals surface area contributed by atoms with Gasteiger partial charge in [0.05, 0.1) is 21.1 Å². The third kappa shape index (κ3) is 3.65. The van der Waals surface area contributed by atoms with Crippen molar-refractivity contribution in [2.24, 2.45) is 5.10 Å². The number of anilines is 1. The number of benzene rings is 1. The third-order valence-corrected chi connectivity index (χ3v) is 4.76. The average Bonchev–Trinajstić information content (AvgIpc) is 2.80. The molecule has 0 radical (unpaired) electrons. The topological polar surface area (TPSA) is 24.4 Å². The van der Waals surface area contributed by atoms with E-state index in [1.807, 2.05) is 6.07 Å². The zero-order valence-corrected chi connectivity index (χ0v) is 12.6. The number of thiophene rings is 1. The van der Waals surface area contributed by atoms with Gasteiger partial charge in [0.25, 0.3) is 0 Å². The number of hydrogen-bond donors (Lipinski definition) is 1. The number of nitrogens with one attached hydrogen (secondary N) is 1. The van der Waals surface area contributed by atoms with Gasteiger partial charge in [-0.25, -0.2) is 0 Å². The van der Waals surface area contributed by atoms with E-state index in [2.05, 4.69) is 22.8 Å². The third-order valence-electron chi connectivity index (χ3n) is 2.11. The standard InChI is InChI=1S/C12H10Cl2N2S2/c1-17-12-5-3-9(18-12)7-15-16-11-4-2-8(13)6-10(11)14/h2-7,16H,1H3/b15-7+. The SMILES string of the molecule is CSc1ccc(/C=N/Nc2ccc(Cl)cc2Cl)s1. The molecule has 2 nitrogen and oxygen atoms in total. The molecule has 1 heterocycles. The summed E-state index contributed by atoms with van der Waals surface area (Å²) < 4.78 is 1.26. The Bertz CT molecular complexity index is 567. The Morgan fingerprint density at radius 3 is 2.78 bits per heavy atom. The second kappa shape index (κ2) is 6.48. The van der Waals surface area contributed by atoms with E-state index in [1.165, 1.54) is 4.21 Å². The maximum absolute atomic E-state index is 6.02. The van der Waals surface area contributed by atoms with Crippen LogP contribution >= 0.6 is 46.3 Å². The van der Waals surface area contributed by atoms with Gasteiger partial charge >= 0.3 is 0 Å². The summed E-state index contributed by atoms with van der Waals surface area (Å²) in [5.74, 6) is 0. The quantitative estimate of drug-likeness (QED) is 0.475. The highest BCUT2D eigenvalue weighted by Crippen LogP contribution is 2.26. The lowest BCUT2D eigenvalue weighted by molar-refractivity contribution is 1.35. The Balaban J connectivity index is 2.02. The van der Waals surface area contributed by atoms with Crippen LogP contribution in [0.25, 0.3) is 0 Å². The van der Waals surface area contributed by atoms with Crippen molar-refractivity contribution >= 4 is 58.2 Å². The predicted octanol–water partition coefficient (Wildman–Crippen LogP) is 5.22. The molecule has 94 valence electrons. The second-order valence-corrected chi connectivity index (χ2v) is 6.42. The highest BCUT2D eigenvalue weighted by atomic mass is 35.5. The average molecular weight is 317 g/mol. The van der Waals surface area contributed by atoms with Crippen molar-refractivity contribution in [2.45, 2.75) is 4.21 Å². The highest BCUT2D eigenvalue weighted by Gasteiger charge is 1.99. The van der Waals surface area contributed by atoms with E-state index in [1.54, 1.807) is 47.5 Å². The summed E-state index contributed by atoms with van der Waals surface area (Å²) in [6.07, 6.45) is 3.83. The Hall–Kier alpha value is -0.680. The Labute approximate surface area is 124 Å². The molecule has 1 N–H and O–H groups in total.